The van der Waals surface area contributed by atoms with Crippen LogP contribution in [0.15, 0.2) is 11.8 Å². The number of rotatable bonds is 11. The molecule has 1 heterocycles. The van der Waals surface area contributed by atoms with Crippen LogP contribution in [0, 0.1) is 0 Å². The Morgan fingerprint density at radius 2 is 2.24 bits per heavy atom. The second-order valence-electron chi connectivity index (χ2n) is 4.90. The van der Waals surface area contributed by atoms with E-state index in [1.165, 1.54) is 0 Å². The van der Waals surface area contributed by atoms with Crippen LogP contribution >= 0.6 is 0 Å². The average molecular weight is 303 g/mol. The molecule has 0 aliphatic carbocycles. The Balaban J connectivity index is 2.15. The van der Waals surface area contributed by atoms with E-state index in [2.05, 4.69) is 5.32 Å². The van der Waals surface area contributed by atoms with Crippen molar-refractivity contribution in [2.45, 2.75) is 38.7 Å². The van der Waals surface area contributed by atoms with Crippen LogP contribution in [-0.2, 0) is 23.7 Å². The highest BCUT2D eigenvalue weighted by Crippen LogP contribution is 2.14. The molecule has 1 rings (SSSR count). The summed E-state index contributed by atoms with van der Waals surface area (Å²) >= 11 is 0. The molecule has 1 saturated heterocycles. The van der Waals surface area contributed by atoms with Crippen molar-refractivity contribution in [2.75, 3.05) is 47.2 Å². The molecule has 1 aliphatic rings. The van der Waals surface area contributed by atoms with Crippen molar-refractivity contribution in [3.05, 3.63) is 11.8 Å². The number of hydrogen-bond acceptors (Lipinski definition) is 6. The average Bonchev–Trinajstić information content (AvgIpc) is 2.52. The normalized spacial score (nSPS) is 21.3. The van der Waals surface area contributed by atoms with Gasteiger partial charge in [0.25, 0.3) is 0 Å². The fourth-order valence-electron chi connectivity index (χ4n) is 1.93. The van der Waals surface area contributed by atoms with E-state index in [9.17, 15) is 0 Å². The van der Waals surface area contributed by atoms with Crippen molar-refractivity contribution in [1.29, 1.82) is 0 Å². The number of methoxy groups -OCH3 is 2. The van der Waals surface area contributed by atoms with Crippen LogP contribution in [0.2, 0.25) is 0 Å². The molecule has 0 aromatic rings. The Morgan fingerprint density at radius 3 is 2.90 bits per heavy atom. The van der Waals surface area contributed by atoms with E-state index in [1.54, 1.807) is 14.2 Å². The van der Waals surface area contributed by atoms with E-state index in [4.69, 9.17) is 23.7 Å². The monoisotopic (exact) mass is 303 g/mol. The van der Waals surface area contributed by atoms with Gasteiger partial charge in [-0.1, -0.05) is 0 Å². The van der Waals surface area contributed by atoms with Gasteiger partial charge in [0.15, 0.2) is 6.29 Å². The quantitative estimate of drug-likeness (QED) is 0.356. The molecule has 124 valence electrons. The van der Waals surface area contributed by atoms with Crippen LogP contribution in [0.25, 0.3) is 0 Å². The van der Waals surface area contributed by atoms with Crippen molar-refractivity contribution < 1.29 is 23.7 Å². The topological polar surface area (TPSA) is 58.2 Å². The molecule has 0 saturated carbocycles. The van der Waals surface area contributed by atoms with Gasteiger partial charge in [-0.3, -0.25) is 5.32 Å². The molecule has 21 heavy (non-hydrogen) atoms. The van der Waals surface area contributed by atoms with Gasteiger partial charge in [-0.15, -0.1) is 0 Å². The molecule has 2 atom stereocenters. The molecule has 0 aromatic carbocycles. The van der Waals surface area contributed by atoms with E-state index in [0.29, 0.717) is 19.8 Å². The van der Waals surface area contributed by atoms with Crippen LogP contribution in [0.5, 0.6) is 0 Å². The lowest BCUT2D eigenvalue weighted by Crippen LogP contribution is -2.31. The Labute approximate surface area is 127 Å². The fourth-order valence-corrected chi connectivity index (χ4v) is 1.93. The van der Waals surface area contributed by atoms with Gasteiger partial charge in [0.2, 0.25) is 0 Å². The summed E-state index contributed by atoms with van der Waals surface area (Å²) in [5, 5.41) is 3.19. The van der Waals surface area contributed by atoms with E-state index in [1.807, 2.05) is 13.0 Å². The minimum Gasteiger partial charge on any atom is -0.499 e. The predicted molar refractivity (Wildman–Crippen MR) is 79.9 cm³/mol. The standard InChI is InChI=1S/C15H29NO5/c1-13(16-8-11-17-2)19-10-7-14(18-3)12-21-15-6-4-5-9-20-15/h7,13,15-16H,4-6,8-12H2,1-3H3/b14-7-. The van der Waals surface area contributed by atoms with Crippen molar-refractivity contribution in [1.82, 2.24) is 5.32 Å². The highest BCUT2D eigenvalue weighted by Gasteiger charge is 2.14. The van der Waals surface area contributed by atoms with Crippen LogP contribution in [0.4, 0.5) is 0 Å². The smallest absolute Gasteiger partial charge is 0.158 e. The van der Waals surface area contributed by atoms with Crippen LogP contribution in [0.3, 0.4) is 0 Å². The number of nitrogens with one attached hydrogen (secondary N) is 1. The van der Waals surface area contributed by atoms with Crippen molar-refractivity contribution in [3.63, 3.8) is 0 Å². The largest absolute Gasteiger partial charge is 0.499 e. The van der Waals surface area contributed by atoms with Gasteiger partial charge in [-0.2, -0.15) is 0 Å². The molecule has 1 fully saturated rings. The van der Waals surface area contributed by atoms with Crippen LogP contribution < -0.4 is 5.32 Å². The minimum absolute atomic E-state index is 0.0305. The predicted octanol–water partition coefficient (Wildman–Crippen LogP) is 1.66. The van der Waals surface area contributed by atoms with E-state index < -0.39 is 0 Å². The zero-order valence-electron chi connectivity index (χ0n) is 13.4. The molecule has 0 bridgehead atoms. The van der Waals surface area contributed by atoms with Crippen LogP contribution in [-0.4, -0.2) is 59.7 Å². The molecule has 2 unspecified atom stereocenters. The molecule has 1 N–H and O–H groups in total. The summed E-state index contributed by atoms with van der Waals surface area (Å²) in [6.07, 6.45) is 4.98. The summed E-state index contributed by atoms with van der Waals surface area (Å²) in [7, 11) is 3.31. The molecule has 0 aromatic heterocycles. The van der Waals surface area contributed by atoms with Gasteiger partial charge in [-0.05, 0) is 32.3 Å². The molecule has 6 nitrogen and oxygen atoms in total. The Bertz CT molecular complexity index is 279. The summed E-state index contributed by atoms with van der Waals surface area (Å²) in [6.45, 7) is 5.06. The van der Waals surface area contributed by atoms with E-state index in [0.717, 1.165) is 38.2 Å². The zero-order chi connectivity index (χ0) is 15.3. The van der Waals surface area contributed by atoms with Gasteiger partial charge in [0.05, 0.1) is 20.3 Å². The summed E-state index contributed by atoms with van der Waals surface area (Å²) in [6, 6.07) is 0. The maximum Gasteiger partial charge on any atom is 0.158 e. The number of hydrogen-bond donors (Lipinski definition) is 1. The molecule has 0 spiro atoms. The summed E-state index contributed by atoms with van der Waals surface area (Å²) in [5.41, 5.74) is 0. The van der Waals surface area contributed by atoms with Gasteiger partial charge in [0.1, 0.15) is 18.6 Å². The lowest BCUT2D eigenvalue weighted by atomic mass is 10.2. The molecule has 1 aliphatic heterocycles. The third kappa shape index (κ3) is 9.06. The van der Waals surface area contributed by atoms with E-state index >= 15 is 0 Å². The first-order valence-electron chi connectivity index (χ1n) is 7.56. The van der Waals surface area contributed by atoms with Crippen molar-refractivity contribution >= 4 is 0 Å². The third-order valence-corrected chi connectivity index (χ3v) is 3.21. The molecule has 0 amide bonds. The van der Waals surface area contributed by atoms with Crippen molar-refractivity contribution in [2.24, 2.45) is 0 Å². The Kier molecular flexibility index (Phi) is 10.5. The first-order valence-corrected chi connectivity index (χ1v) is 7.56. The Hall–Kier alpha value is -0.660. The van der Waals surface area contributed by atoms with Crippen molar-refractivity contribution in [3.8, 4) is 0 Å². The Morgan fingerprint density at radius 1 is 1.38 bits per heavy atom. The van der Waals surface area contributed by atoms with Gasteiger partial charge >= 0.3 is 0 Å². The SMILES string of the molecule is COCCNC(C)OC/C=C(/COC1CCCCO1)OC. The fraction of sp³-hybridized carbons (Fsp3) is 0.867. The summed E-state index contributed by atoms with van der Waals surface area (Å²) in [4.78, 5) is 0. The van der Waals surface area contributed by atoms with Gasteiger partial charge in [-0.25, -0.2) is 0 Å². The number of ether oxygens (including phenoxy) is 5. The summed E-state index contributed by atoms with van der Waals surface area (Å²) in [5.74, 6) is 0.758. The lowest BCUT2D eigenvalue weighted by molar-refractivity contribution is -0.161. The van der Waals surface area contributed by atoms with Gasteiger partial charge < -0.3 is 23.7 Å². The van der Waals surface area contributed by atoms with Gasteiger partial charge in [0, 0.05) is 20.3 Å². The second-order valence-corrected chi connectivity index (χ2v) is 4.90. The van der Waals surface area contributed by atoms with Crippen LogP contribution in [0.1, 0.15) is 26.2 Å². The molecular weight excluding hydrogens is 274 g/mol. The lowest BCUT2D eigenvalue weighted by Gasteiger charge is -2.23. The highest BCUT2D eigenvalue weighted by atomic mass is 16.7. The molecule has 6 heteroatoms. The second kappa shape index (κ2) is 11.9. The maximum atomic E-state index is 5.67. The first-order chi connectivity index (χ1) is 10.3. The zero-order valence-corrected chi connectivity index (χ0v) is 13.4. The van der Waals surface area contributed by atoms with E-state index in [-0.39, 0.29) is 12.5 Å². The molecular formula is C15H29NO5. The maximum absolute atomic E-state index is 5.67. The third-order valence-electron chi connectivity index (χ3n) is 3.21. The first kappa shape index (κ1) is 18.4. The highest BCUT2D eigenvalue weighted by molar-refractivity contribution is 4.93. The minimum atomic E-state index is -0.104. The molecule has 0 radical (unpaired) electrons. The summed E-state index contributed by atoms with van der Waals surface area (Å²) < 4.78 is 27.0.